The number of carbonyl (C=O) groups excluding carboxylic acids is 2. The molecule has 10 heteroatoms. The maximum atomic E-state index is 12.9. The highest BCUT2D eigenvalue weighted by Gasteiger charge is 2.18. The predicted molar refractivity (Wildman–Crippen MR) is 134 cm³/mol. The molecule has 180 valence electrons. The number of nitrogens with one attached hydrogen (secondary N) is 2. The third-order valence-electron chi connectivity index (χ3n) is 4.79. The first kappa shape index (κ1) is 27.2. The highest BCUT2D eigenvalue weighted by Crippen LogP contribution is 2.25. The molecule has 0 saturated heterocycles. The molecule has 2 aromatic carbocycles. The van der Waals surface area contributed by atoms with Crippen molar-refractivity contribution in [2.24, 2.45) is 0 Å². The van der Waals surface area contributed by atoms with Crippen LogP contribution in [0.5, 0.6) is 5.75 Å². The maximum absolute atomic E-state index is 12.9. The van der Waals surface area contributed by atoms with E-state index in [-0.39, 0.29) is 24.2 Å². The minimum atomic E-state index is -0.210. The number of likely N-dealkylation sites (N-methyl/N-ethyl adjacent to an activating group) is 2. The quantitative estimate of drug-likeness (QED) is 0.423. The van der Waals surface area contributed by atoms with E-state index in [1.165, 1.54) is 4.90 Å². The number of hydrogen-bond acceptors (Lipinski definition) is 5. The number of ether oxygens (including phenoxy) is 1. The summed E-state index contributed by atoms with van der Waals surface area (Å²) in [4.78, 5) is 27.7. The summed E-state index contributed by atoms with van der Waals surface area (Å²) in [5, 5.41) is 8.13. The summed E-state index contributed by atoms with van der Waals surface area (Å²) in [6, 6.07) is 10.3. The zero-order valence-corrected chi connectivity index (χ0v) is 21.2. The topological polar surface area (TPSA) is 73.9 Å². The summed E-state index contributed by atoms with van der Waals surface area (Å²) < 4.78 is 5.57. The van der Waals surface area contributed by atoms with Crippen molar-refractivity contribution in [2.75, 3.05) is 53.9 Å². The molecule has 33 heavy (non-hydrogen) atoms. The second-order valence-electron chi connectivity index (χ2n) is 7.62. The van der Waals surface area contributed by atoms with Crippen LogP contribution in [0.3, 0.4) is 0 Å². The van der Waals surface area contributed by atoms with Gasteiger partial charge in [-0.15, -0.1) is 0 Å². The van der Waals surface area contributed by atoms with Crippen LogP contribution in [0.25, 0.3) is 0 Å². The fraction of sp³-hybridized carbons (Fsp3) is 0.391. The molecule has 0 bridgehead atoms. The zero-order valence-electron chi connectivity index (χ0n) is 19.0. The molecule has 2 N–H and O–H groups in total. The normalized spacial score (nSPS) is 10.7. The second kappa shape index (κ2) is 13.6. The third-order valence-corrected chi connectivity index (χ3v) is 5.76. The van der Waals surface area contributed by atoms with Crippen LogP contribution in [0, 0.1) is 0 Å². The Bertz CT molecular complexity index is 957. The number of halogens is 3. The van der Waals surface area contributed by atoms with Gasteiger partial charge in [-0.05, 0) is 35.9 Å². The Balaban J connectivity index is 1.75. The summed E-state index contributed by atoms with van der Waals surface area (Å²) in [6.45, 7) is 3.14. The van der Waals surface area contributed by atoms with Crippen LogP contribution in [-0.2, 0) is 11.3 Å². The molecule has 0 fully saturated rings. The molecule has 0 aromatic heterocycles. The standard InChI is InChI=1S/C23H29Cl3N4O3/c1-29(2)22(31)15-33-21-13-17(24)5-6-18(21)23(32)30(3)11-10-27-8-9-28-14-16-4-7-19(25)20(26)12-16/h4-7,12-13,27-28H,8-11,14-15H2,1-3H3. The van der Waals surface area contributed by atoms with E-state index < -0.39 is 0 Å². The van der Waals surface area contributed by atoms with E-state index in [9.17, 15) is 9.59 Å². The Morgan fingerprint density at radius 2 is 1.64 bits per heavy atom. The number of rotatable bonds is 12. The lowest BCUT2D eigenvalue weighted by Gasteiger charge is -2.20. The molecule has 2 amide bonds. The Morgan fingerprint density at radius 3 is 2.33 bits per heavy atom. The highest BCUT2D eigenvalue weighted by molar-refractivity contribution is 6.42. The lowest BCUT2D eigenvalue weighted by molar-refractivity contribution is -0.130. The van der Waals surface area contributed by atoms with E-state index >= 15 is 0 Å². The first-order valence-electron chi connectivity index (χ1n) is 10.4. The van der Waals surface area contributed by atoms with Crippen LogP contribution in [0.1, 0.15) is 15.9 Å². The average molecular weight is 516 g/mol. The van der Waals surface area contributed by atoms with E-state index in [0.717, 1.165) is 18.7 Å². The van der Waals surface area contributed by atoms with Crippen LogP contribution in [0.4, 0.5) is 0 Å². The molecule has 0 saturated carbocycles. The fourth-order valence-corrected chi connectivity index (χ4v) is 3.28. The van der Waals surface area contributed by atoms with Gasteiger partial charge < -0.3 is 25.2 Å². The van der Waals surface area contributed by atoms with Gasteiger partial charge in [0.1, 0.15) is 5.75 Å². The molecule has 2 rings (SSSR count). The third kappa shape index (κ3) is 9.02. The van der Waals surface area contributed by atoms with Crippen molar-refractivity contribution in [1.82, 2.24) is 20.4 Å². The van der Waals surface area contributed by atoms with Gasteiger partial charge in [0.25, 0.3) is 11.8 Å². The molecular formula is C23H29Cl3N4O3. The van der Waals surface area contributed by atoms with Gasteiger partial charge in [-0.1, -0.05) is 40.9 Å². The fourth-order valence-electron chi connectivity index (χ4n) is 2.80. The molecule has 0 aliphatic carbocycles. The minimum absolute atomic E-state index is 0.173. The first-order chi connectivity index (χ1) is 15.7. The van der Waals surface area contributed by atoms with Gasteiger partial charge in [0.15, 0.2) is 6.61 Å². The number of amides is 2. The van der Waals surface area contributed by atoms with Crippen LogP contribution in [0.2, 0.25) is 15.1 Å². The number of nitrogens with zero attached hydrogens (tertiary/aromatic N) is 2. The van der Waals surface area contributed by atoms with Crippen molar-refractivity contribution < 1.29 is 14.3 Å². The number of benzene rings is 2. The number of carbonyl (C=O) groups is 2. The van der Waals surface area contributed by atoms with Crippen LogP contribution < -0.4 is 15.4 Å². The van der Waals surface area contributed by atoms with Gasteiger partial charge in [-0.25, -0.2) is 0 Å². The second-order valence-corrected chi connectivity index (χ2v) is 8.87. The van der Waals surface area contributed by atoms with Gasteiger partial charge in [0, 0.05) is 58.9 Å². The van der Waals surface area contributed by atoms with Crippen LogP contribution in [0.15, 0.2) is 36.4 Å². The van der Waals surface area contributed by atoms with E-state index in [0.29, 0.717) is 40.3 Å². The zero-order chi connectivity index (χ0) is 24.4. The van der Waals surface area contributed by atoms with E-state index in [2.05, 4.69) is 10.6 Å². The van der Waals surface area contributed by atoms with E-state index in [1.54, 1.807) is 50.3 Å². The summed E-state index contributed by atoms with van der Waals surface area (Å²) in [6.07, 6.45) is 0. The molecule has 0 unspecified atom stereocenters. The van der Waals surface area contributed by atoms with Crippen molar-refractivity contribution in [3.05, 3.63) is 62.6 Å². The summed E-state index contributed by atoms with van der Waals surface area (Å²) >= 11 is 18.0. The lowest BCUT2D eigenvalue weighted by atomic mass is 10.1. The molecular weight excluding hydrogens is 487 g/mol. The summed E-state index contributed by atoms with van der Waals surface area (Å²) in [5.74, 6) is -0.133. The molecule has 0 atom stereocenters. The van der Waals surface area contributed by atoms with Crippen molar-refractivity contribution in [1.29, 1.82) is 0 Å². The van der Waals surface area contributed by atoms with Gasteiger partial charge >= 0.3 is 0 Å². The Labute approximate surface area is 209 Å². The predicted octanol–water partition coefficient (Wildman–Crippen LogP) is 3.57. The van der Waals surface area contributed by atoms with Gasteiger partial charge in [-0.2, -0.15) is 0 Å². The number of hydrogen-bond donors (Lipinski definition) is 2. The van der Waals surface area contributed by atoms with Crippen LogP contribution >= 0.6 is 34.8 Å². The van der Waals surface area contributed by atoms with E-state index in [1.807, 2.05) is 12.1 Å². The smallest absolute Gasteiger partial charge is 0.259 e. The maximum Gasteiger partial charge on any atom is 0.259 e. The van der Waals surface area contributed by atoms with Crippen molar-refractivity contribution >= 4 is 46.6 Å². The minimum Gasteiger partial charge on any atom is -0.483 e. The molecule has 2 aromatic rings. The molecule has 0 radical (unpaired) electrons. The Morgan fingerprint density at radius 1 is 0.909 bits per heavy atom. The van der Waals surface area contributed by atoms with Crippen LogP contribution in [-0.4, -0.2) is 75.5 Å². The monoisotopic (exact) mass is 514 g/mol. The van der Waals surface area contributed by atoms with Gasteiger partial charge in [-0.3, -0.25) is 9.59 Å². The summed E-state index contributed by atoms with van der Waals surface area (Å²) in [7, 11) is 4.99. The van der Waals surface area contributed by atoms with Crippen molar-refractivity contribution in [3.63, 3.8) is 0 Å². The largest absolute Gasteiger partial charge is 0.483 e. The van der Waals surface area contributed by atoms with Crippen molar-refractivity contribution in [3.8, 4) is 5.75 Å². The molecule has 0 aliphatic rings. The molecule has 0 aliphatic heterocycles. The van der Waals surface area contributed by atoms with Crippen molar-refractivity contribution in [2.45, 2.75) is 6.54 Å². The Kier molecular flexibility index (Phi) is 11.2. The average Bonchev–Trinajstić information content (AvgIpc) is 2.78. The Hall–Kier alpha value is -2.03. The SMILES string of the molecule is CN(C)C(=O)COc1cc(Cl)ccc1C(=O)N(C)CCNCCNCc1ccc(Cl)c(Cl)c1. The first-order valence-corrected chi connectivity index (χ1v) is 11.6. The molecule has 0 heterocycles. The van der Waals surface area contributed by atoms with E-state index in [4.69, 9.17) is 39.5 Å². The summed E-state index contributed by atoms with van der Waals surface area (Å²) in [5.41, 5.74) is 1.42. The molecule has 0 spiro atoms. The van der Waals surface area contributed by atoms with Gasteiger partial charge in [0.05, 0.1) is 15.6 Å². The molecule has 7 nitrogen and oxygen atoms in total. The van der Waals surface area contributed by atoms with Gasteiger partial charge in [0.2, 0.25) is 0 Å². The lowest BCUT2D eigenvalue weighted by Crippen LogP contribution is -2.36. The highest BCUT2D eigenvalue weighted by atomic mass is 35.5.